The molecule has 0 aliphatic carbocycles. The number of anilines is 1. The van der Waals surface area contributed by atoms with Crippen molar-refractivity contribution in [2.75, 3.05) is 17.7 Å². The summed E-state index contributed by atoms with van der Waals surface area (Å²) in [4.78, 5) is 24.8. The standard InChI is InChI=1S/C25H29Cl2N5O3S/c1-5-32-22(12-28-23(33)13-35-21-10-16(4)6-8-18(21)15(2)3)30-31-25(32)36-14-24(34)29-17-7-9-19(26)20(27)11-17/h6-11,15H,5,12-14H2,1-4H3,(H,28,33)(H,29,34). The SMILES string of the molecule is CCn1c(CNC(=O)COc2cc(C)ccc2C(C)C)nnc1SCC(=O)Nc1ccc(Cl)c(Cl)c1. The topological polar surface area (TPSA) is 98.1 Å². The molecule has 0 saturated heterocycles. The van der Waals surface area contributed by atoms with Gasteiger partial charge in [-0.25, -0.2) is 0 Å². The van der Waals surface area contributed by atoms with Crippen LogP contribution in [0.5, 0.6) is 5.75 Å². The lowest BCUT2D eigenvalue weighted by Crippen LogP contribution is -2.29. The van der Waals surface area contributed by atoms with Crippen molar-refractivity contribution in [3.8, 4) is 5.75 Å². The molecule has 11 heteroatoms. The van der Waals surface area contributed by atoms with E-state index in [1.807, 2.05) is 36.6 Å². The monoisotopic (exact) mass is 549 g/mol. The van der Waals surface area contributed by atoms with E-state index < -0.39 is 0 Å². The van der Waals surface area contributed by atoms with Crippen molar-refractivity contribution in [1.29, 1.82) is 0 Å². The Morgan fingerprint density at radius 1 is 1.08 bits per heavy atom. The molecule has 0 spiro atoms. The first-order chi connectivity index (χ1) is 17.2. The van der Waals surface area contributed by atoms with Gasteiger partial charge in [-0.1, -0.05) is 60.9 Å². The number of nitrogens with zero attached hydrogens (tertiary/aromatic N) is 3. The maximum atomic E-state index is 12.4. The fourth-order valence-corrected chi connectivity index (χ4v) is 4.51. The van der Waals surface area contributed by atoms with E-state index in [9.17, 15) is 9.59 Å². The van der Waals surface area contributed by atoms with E-state index in [4.69, 9.17) is 27.9 Å². The molecule has 0 saturated carbocycles. The number of hydrogen-bond acceptors (Lipinski definition) is 6. The number of carbonyl (C=O) groups excluding carboxylic acids is 2. The Balaban J connectivity index is 1.51. The number of carbonyl (C=O) groups is 2. The van der Waals surface area contributed by atoms with Gasteiger partial charge < -0.3 is 19.9 Å². The van der Waals surface area contributed by atoms with Crippen molar-refractivity contribution < 1.29 is 14.3 Å². The summed E-state index contributed by atoms with van der Waals surface area (Å²) >= 11 is 13.2. The number of halogens is 2. The number of ether oxygens (including phenoxy) is 1. The van der Waals surface area contributed by atoms with E-state index in [1.165, 1.54) is 11.8 Å². The summed E-state index contributed by atoms with van der Waals surface area (Å²) < 4.78 is 7.66. The summed E-state index contributed by atoms with van der Waals surface area (Å²) in [5, 5.41) is 15.3. The van der Waals surface area contributed by atoms with Crippen molar-refractivity contribution >= 4 is 52.5 Å². The number of nitrogens with one attached hydrogen (secondary N) is 2. The van der Waals surface area contributed by atoms with Crippen LogP contribution in [0.25, 0.3) is 0 Å². The Hall–Kier alpha value is -2.75. The van der Waals surface area contributed by atoms with E-state index in [-0.39, 0.29) is 36.6 Å². The molecule has 2 amide bonds. The van der Waals surface area contributed by atoms with Gasteiger partial charge >= 0.3 is 0 Å². The van der Waals surface area contributed by atoms with Gasteiger partial charge in [-0.2, -0.15) is 0 Å². The number of benzene rings is 2. The quantitative estimate of drug-likeness (QED) is 0.308. The van der Waals surface area contributed by atoms with Crippen LogP contribution in [-0.4, -0.2) is 38.9 Å². The first-order valence-electron chi connectivity index (χ1n) is 11.5. The molecule has 192 valence electrons. The average molecular weight is 551 g/mol. The third kappa shape index (κ3) is 7.62. The number of amides is 2. The molecule has 0 aliphatic rings. The van der Waals surface area contributed by atoms with Gasteiger partial charge in [-0.15, -0.1) is 10.2 Å². The Morgan fingerprint density at radius 2 is 1.86 bits per heavy atom. The normalized spacial score (nSPS) is 11.0. The van der Waals surface area contributed by atoms with E-state index in [2.05, 4.69) is 34.7 Å². The first-order valence-corrected chi connectivity index (χ1v) is 13.2. The van der Waals surface area contributed by atoms with Crippen molar-refractivity contribution in [1.82, 2.24) is 20.1 Å². The zero-order valence-electron chi connectivity index (χ0n) is 20.6. The summed E-state index contributed by atoms with van der Waals surface area (Å²) in [6.45, 7) is 8.80. The first kappa shape index (κ1) is 27.8. The highest BCUT2D eigenvalue weighted by Gasteiger charge is 2.15. The molecule has 3 aromatic rings. The van der Waals surface area contributed by atoms with Crippen LogP contribution in [0.3, 0.4) is 0 Å². The molecule has 1 aromatic heterocycles. The van der Waals surface area contributed by atoms with Gasteiger partial charge in [-0.05, 0) is 55.2 Å². The van der Waals surface area contributed by atoms with Crippen molar-refractivity contribution in [3.05, 3.63) is 63.4 Å². The van der Waals surface area contributed by atoms with E-state index in [1.54, 1.807) is 18.2 Å². The molecular weight excluding hydrogens is 521 g/mol. The summed E-state index contributed by atoms with van der Waals surface area (Å²) in [5.41, 5.74) is 2.69. The Labute approximate surface area is 225 Å². The summed E-state index contributed by atoms with van der Waals surface area (Å²) in [7, 11) is 0. The molecule has 0 aliphatic heterocycles. The largest absolute Gasteiger partial charge is 0.483 e. The lowest BCUT2D eigenvalue weighted by atomic mass is 10.0. The van der Waals surface area contributed by atoms with Gasteiger partial charge in [-0.3, -0.25) is 9.59 Å². The van der Waals surface area contributed by atoms with Gasteiger partial charge in [0.2, 0.25) is 5.91 Å². The van der Waals surface area contributed by atoms with Crippen molar-refractivity contribution in [2.24, 2.45) is 0 Å². The Bertz CT molecular complexity index is 1230. The lowest BCUT2D eigenvalue weighted by Gasteiger charge is -2.15. The van der Waals surface area contributed by atoms with Crippen molar-refractivity contribution in [2.45, 2.75) is 51.9 Å². The van der Waals surface area contributed by atoms with E-state index in [0.29, 0.717) is 33.3 Å². The molecule has 36 heavy (non-hydrogen) atoms. The molecule has 0 atom stereocenters. The predicted molar refractivity (Wildman–Crippen MR) is 144 cm³/mol. The van der Waals surface area contributed by atoms with Crippen LogP contribution in [0.4, 0.5) is 5.69 Å². The highest BCUT2D eigenvalue weighted by Crippen LogP contribution is 2.28. The van der Waals surface area contributed by atoms with Gasteiger partial charge in [0, 0.05) is 12.2 Å². The fourth-order valence-electron chi connectivity index (χ4n) is 3.39. The average Bonchev–Trinajstić information content (AvgIpc) is 3.24. The highest BCUT2D eigenvalue weighted by atomic mass is 35.5. The molecule has 2 aromatic carbocycles. The summed E-state index contributed by atoms with van der Waals surface area (Å²) in [6, 6.07) is 10.9. The molecule has 2 N–H and O–H groups in total. The summed E-state index contributed by atoms with van der Waals surface area (Å²) in [6.07, 6.45) is 0. The van der Waals surface area contributed by atoms with Gasteiger partial charge in [0.25, 0.3) is 5.91 Å². The Kier molecular flexibility index (Phi) is 10.0. The van der Waals surface area contributed by atoms with E-state index >= 15 is 0 Å². The highest BCUT2D eigenvalue weighted by molar-refractivity contribution is 7.99. The maximum Gasteiger partial charge on any atom is 0.258 e. The van der Waals surface area contributed by atoms with Gasteiger partial charge in [0.15, 0.2) is 17.6 Å². The van der Waals surface area contributed by atoms with Gasteiger partial charge in [0.1, 0.15) is 5.75 Å². The lowest BCUT2D eigenvalue weighted by molar-refractivity contribution is -0.123. The van der Waals surface area contributed by atoms with Crippen LogP contribution in [0.1, 0.15) is 43.6 Å². The van der Waals surface area contributed by atoms with Gasteiger partial charge in [0.05, 0.1) is 22.3 Å². The second-order valence-electron chi connectivity index (χ2n) is 8.37. The van der Waals surface area contributed by atoms with Crippen molar-refractivity contribution in [3.63, 3.8) is 0 Å². The molecule has 8 nitrogen and oxygen atoms in total. The van der Waals surface area contributed by atoms with Crippen LogP contribution in [-0.2, 0) is 22.7 Å². The van der Waals surface area contributed by atoms with Crippen LogP contribution in [0.2, 0.25) is 10.0 Å². The van der Waals surface area contributed by atoms with Crippen LogP contribution in [0, 0.1) is 6.92 Å². The molecule has 0 fully saturated rings. The maximum absolute atomic E-state index is 12.4. The summed E-state index contributed by atoms with van der Waals surface area (Å²) in [5.74, 6) is 1.26. The van der Waals surface area contributed by atoms with Crippen LogP contribution >= 0.6 is 35.0 Å². The number of hydrogen-bond donors (Lipinski definition) is 2. The van der Waals surface area contributed by atoms with E-state index in [0.717, 1.165) is 16.9 Å². The number of rotatable bonds is 11. The predicted octanol–water partition coefficient (Wildman–Crippen LogP) is 5.46. The van der Waals surface area contributed by atoms with Crippen LogP contribution < -0.4 is 15.4 Å². The number of aromatic nitrogens is 3. The Morgan fingerprint density at radius 3 is 2.56 bits per heavy atom. The molecule has 0 bridgehead atoms. The van der Waals surface area contributed by atoms with Crippen LogP contribution in [0.15, 0.2) is 41.6 Å². The smallest absolute Gasteiger partial charge is 0.258 e. The second kappa shape index (κ2) is 13.0. The third-order valence-corrected chi connectivity index (χ3v) is 6.94. The minimum Gasteiger partial charge on any atom is -0.483 e. The molecular formula is C25H29Cl2N5O3S. The molecule has 0 unspecified atom stereocenters. The molecule has 1 heterocycles. The third-order valence-electron chi connectivity index (χ3n) is 5.24. The minimum atomic E-state index is -0.257. The second-order valence-corrected chi connectivity index (χ2v) is 10.1. The minimum absolute atomic E-state index is 0.0973. The fraction of sp³-hybridized carbons (Fsp3) is 0.360. The zero-order valence-corrected chi connectivity index (χ0v) is 22.9. The number of aryl methyl sites for hydroxylation is 1. The number of thioether (sulfide) groups is 1. The molecule has 3 rings (SSSR count). The molecule has 0 radical (unpaired) electrons. The zero-order chi connectivity index (χ0) is 26.2.